The van der Waals surface area contributed by atoms with Crippen molar-refractivity contribution in [3.63, 3.8) is 0 Å². The highest BCUT2D eigenvalue weighted by Gasteiger charge is 2.22. The molecule has 0 bridgehead atoms. The average Bonchev–Trinajstić information content (AvgIpc) is 2.84. The highest BCUT2D eigenvalue weighted by atomic mass is 32.1. The molecular formula is C13H21N3O3S. The summed E-state index contributed by atoms with van der Waals surface area (Å²) in [5, 5.41) is 19.0. The molecule has 1 aliphatic rings. The van der Waals surface area contributed by atoms with Gasteiger partial charge in [-0.15, -0.1) is 11.3 Å². The van der Waals surface area contributed by atoms with Gasteiger partial charge in [-0.2, -0.15) is 0 Å². The summed E-state index contributed by atoms with van der Waals surface area (Å²) in [6.07, 6.45) is 0.773. The van der Waals surface area contributed by atoms with Crippen molar-refractivity contribution >= 4 is 17.3 Å². The Balaban J connectivity index is 1.97. The molecule has 112 valence electrons. The molecule has 0 amide bonds. The van der Waals surface area contributed by atoms with Gasteiger partial charge in [0.25, 0.3) is 0 Å². The van der Waals surface area contributed by atoms with Crippen molar-refractivity contribution in [2.24, 2.45) is 0 Å². The zero-order valence-corrected chi connectivity index (χ0v) is 12.5. The monoisotopic (exact) mass is 299 g/mol. The Hall–Kier alpha value is -1.02. The molecule has 1 aliphatic heterocycles. The maximum absolute atomic E-state index is 11.2. The third-order valence-electron chi connectivity index (χ3n) is 3.50. The fourth-order valence-electron chi connectivity index (χ4n) is 2.34. The number of hydrogen-bond acceptors (Lipinski definition) is 6. The topological polar surface area (TPSA) is 76.9 Å². The standard InChI is InChI=1S/C13H21N3O3S/c1-2-11-14-12(13(18)19)10(20-11)9-16-5-3-15(4-6-16)7-8-17/h17H,2-9H2,1H3,(H,18,19). The molecule has 2 N–H and O–H groups in total. The van der Waals surface area contributed by atoms with Crippen molar-refractivity contribution in [1.29, 1.82) is 0 Å². The fraction of sp³-hybridized carbons (Fsp3) is 0.692. The van der Waals surface area contributed by atoms with Crippen molar-refractivity contribution in [2.75, 3.05) is 39.3 Å². The second-order valence-corrected chi connectivity index (χ2v) is 6.05. The average molecular weight is 299 g/mol. The molecule has 1 aromatic rings. The van der Waals surface area contributed by atoms with Gasteiger partial charge in [0.15, 0.2) is 5.69 Å². The molecule has 1 fully saturated rings. The van der Waals surface area contributed by atoms with Crippen LogP contribution < -0.4 is 0 Å². The largest absolute Gasteiger partial charge is 0.476 e. The highest BCUT2D eigenvalue weighted by molar-refractivity contribution is 7.11. The lowest BCUT2D eigenvalue weighted by molar-refractivity contribution is 0.0686. The van der Waals surface area contributed by atoms with Gasteiger partial charge >= 0.3 is 5.97 Å². The molecule has 0 atom stereocenters. The van der Waals surface area contributed by atoms with E-state index in [1.54, 1.807) is 0 Å². The van der Waals surface area contributed by atoms with Gasteiger partial charge in [-0.1, -0.05) is 6.92 Å². The van der Waals surface area contributed by atoms with E-state index in [-0.39, 0.29) is 12.3 Å². The number of carbonyl (C=O) groups is 1. The number of aryl methyl sites for hydroxylation is 1. The van der Waals surface area contributed by atoms with E-state index in [9.17, 15) is 9.90 Å². The number of aromatic carboxylic acids is 1. The minimum Gasteiger partial charge on any atom is -0.476 e. The van der Waals surface area contributed by atoms with Crippen LogP contribution in [0.4, 0.5) is 0 Å². The number of aliphatic hydroxyl groups is 1. The number of hydrogen-bond donors (Lipinski definition) is 2. The van der Waals surface area contributed by atoms with Crippen LogP contribution in [0.1, 0.15) is 27.3 Å². The normalized spacial score (nSPS) is 17.5. The third-order valence-corrected chi connectivity index (χ3v) is 4.68. The molecule has 0 spiro atoms. The number of β-amino-alcohol motifs (C(OH)–C–C–N with tert-alkyl or cyclic N) is 1. The zero-order valence-electron chi connectivity index (χ0n) is 11.7. The predicted molar refractivity (Wildman–Crippen MR) is 77.3 cm³/mol. The number of rotatable bonds is 6. The first-order valence-electron chi connectivity index (χ1n) is 6.91. The maximum atomic E-state index is 11.2. The summed E-state index contributed by atoms with van der Waals surface area (Å²) in [5.74, 6) is -0.935. The van der Waals surface area contributed by atoms with Gasteiger partial charge in [-0.05, 0) is 6.42 Å². The van der Waals surface area contributed by atoms with Crippen molar-refractivity contribution in [3.8, 4) is 0 Å². The SMILES string of the molecule is CCc1nc(C(=O)O)c(CN2CCN(CCO)CC2)s1. The Morgan fingerprint density at radius 2 is 1.95 bits per heavy atom. The van der Waals surface area contributed by atoms with Crippen molar-refractivity contribution in [2.45, 2.75) is 19.9 Å². The van der Waals surface area contributed by atoms with E-state index in [1.165, 1.54) is 11.3 Å². The van der Waals surface area contributed by atoms with Crippen LogP contribution in [-0.4, -0.2) is 70.3 Å². The van der Waals surface area contributed by atoms with Gasteiger partial charge < -0.3 is 10.2 Å². The van der Waals surface area contributed by atoms with Gasteiger partial charge in [-0.3, -0.25) is 9.80 Å². The second kappa shape index (κ2) is 7.12. The molecule has 0 saturated carbocycles. The first-order chi connectivity index (χ1) is 9.63. The molecule has 0 unspecified atom stereocenters. The molecule has 0 aromatic carbocycles. The molecule has 20 heavy (non-hydrogen) atoms. The summed E-state index contributed by atoms with van der Waals surface area (Å²) in [5.41, 5.74) is 0.213. The molecule has 0 aliphatic carbocycles. The molecule has 1 saturated heterocycles. The Kier molecular flexibility index (Phi) is 5.47. The molecule has 1 aromatic heterocycles. The second-order valence-electron chi connectivity index (χ2n) is 4.88. The van der Waals surface area contributed by atoms with E-state index >= 15 is 0 Å². The fourth-order valence-corrected chi connectivity index (χ4v) is 3.38. The van der Waals surface area contributed by atoms with Crippen LogP contribution in [0.25, 0.3) is 0 Å². The zero-order chi connectivity index (χ0) is 14.5. The summed E-state index contributed by atoms with van der Waals surface area (Å²) in [6.45, 7) is 7.20. The Morgan fingerprint density at radius 1 is 1.30 bits per heavy atom. The first kappa shape index (κ1) is 15.4. The molecule has 0 radical (unpaired) electrons. The number of aliphatic hydroxyl groups excluding tert-OH is 1. The smallest absolute Gasteiger partial charge is 0.355 e. The number of piperazine rings is 1. The first-order valence-corrected chi connectivity index (χ1v) is 7.73. The van der Waals surface area contributed by atoms with Crippen molar-refractivity contribution < 1.29 is 15.0 Å². The number of carboxylic acid groups (broad SMARTS) is 1. The number of nitrogens with zero attached hydrogens (tertiary/aromatic N) is 3. The van der Waals surface area contributed by atoms with E-state index in [0.717, 1.165) is 49.0 Å². The number of thiazole rings is 1. The van der Waals surface area contributed by atoms with Crippen LogP contribution in [0.2, 0.25) is 0 Å². The summed E-state index contributed by atoms with van der Waals surface area (Å²) in [4.78, 5) is 20.7. The Morgan fingerprint density at radius 3 is 2.50 bits per heavy atom. The minimum atomic E-state index is -0.935. The van der Waals surface area contributed by atoms with Crippen LogP contribution in [0.15, 0.2) is 0 Å². The van der Waals surface area contributed by atoms with E-state index in [4.69, 9.17) is 5.11 Å². The molecule has 2 heterocycles. The predicted octanol–water partition coefficient (Wildman–Crippen LogP) is 0.514. The Bertz CT molecular complexity index is 456. The van der Waals surface area contributed by atoms with Crippen LogP contribution in [0.3, 0.4) is 0 Å². The van der Waals surface area contributed by atoms with Crippen LogP contribution in [0.5, 0.6) is 0 Å². The molecular weight excluding hydrogens is 278 g/mol. The van der Waals surface area contributed by atoms with E-state index < -0.39 is 5.97 Å². The van der Waals surface area contributed by atoms with Gasteiger partial charge in [-0.25, -0.2) is 9.78 Å². The van der Waals surface area contributed by atoms with Gasteiger partial charge in [0.2, 0.25) is 0 Å². The van der Waals surface area contributed by atoms with Crippen LogP contribution >= 0.6 is 11.3 Å². The number of aromatic nitrogens is 1. The summed E-state index contributed by atoms with van der Waals surface area (Å²) >= 11 is 1.51. The summed E-state index contributed by atoms with van der Waals surface area (Å²) < 4.78 is 0. The van der Waals surface area contributed by atoms with Crippen molar-refractivity contribution in [3.05, 3.63) is 15.6 Å². The van der Waals surface area contributed by atoms with E-state index in [1.807, 2.05) is 6.92 Å². The lowest BCUT2D eigenvalue weighted by Crippen LogP contribution is -2.46. The third kappa shape index (κ3) is 3.76. The number of carboxylic acids is 1. The maximum Gasteiger partial charge on any atom is 0.355 e. The van der Waals surface area contributed by atoms with Gasteiger partial charge in [0.1, 0.15) is 0 Å². The molecule has 6 nitrogen and oxygen atoms in total. The summed E-state index contributed by atoms with van der Waals surface area (Å²) in [7, 11) is 0. The van der Waals surface area contributed by atoms with Gasteiger partial charge in [0.05, 0.1) is 16.5 Å². The van der Waals surface area contributed by atoms with Crippen LogP contribution in [-0.2, 0) is 13.0 Å². The highest BCUT2D eigenvalue weighted by Crippen LogP contribution is 2.21. The molecule has 2 rings (SSSR count). The van der Waals surface area contributed by atoms with E-state index in [0.29, 0.717) is 6.54 Å². The van der Waals surface area contributed by atoms with Gasteiger partial charge in [0, 0.05) is 39.3 Å². The van der Waals surface area contributed by atoms with Crippen molar-refractivity contribution in [1.82, 2.24) is 14.8 Å². The Labute approximate surface area is 122 Å². The molecule has 7 heteroatoms. The quantitative estimate of drug-likeness (QED) is 0.797. The van der Waals surface area contributed by atoms with E-state index in [2.05, 4.69) is 14.8 Å². The van der Waals surface area contributed by atoms with Crippen LogP contribution in [0, 0.1) is 0 Å². The lowest BCUT2D eigenvalue weighted by Gasteiger charge is -2.34. The lowest BCUT2D eigenvalue weighted by atomic mass is 10.2. The minimum absolute atomic E-state index is 0.192. The summed E-state index contributed by atoms with van der Waals surface area (Å²) in [6, 6.07) is 0.